The predicted octanol–water partition coefficient (Wildman–Crippen LogP) is 3.05. The van der Waals surface area contributed by atoms with Gasteiger partial charge in [-0.15, -0.1) is 0 Å². The number of rotatable bonds is 2. The van der Waals surface area contributed by atoms with Crippen LogP contribution < -0.4 is 15.4 Å². The molecule has 0 saturated heterocycles. The molecule has 1 aliphatic heterocycles. The summed E-state index contributed by atoms with van der Waals surface area (Å²) in [5.74, 6) is 1.73. The number of nitrogens with two attached hydrogens (primary N) is 1. The smallest absolute Gasteiger partial charge is 0.143 e. The van der Waals surface area contributed by atoms with Gasteiger partial charge in [0.05, 0.1) is 17.9 Å². The van der Waals surface area contributed by atoms with Gasteiger partial charge in [0, 0.05) is 17.8 Å². The molecular formula is C16H21N3O2. The molecule has 5 heteroatoms. The van der Waals surface area contributed by atoms with Crippen LogP contribution in [-0.4, -0.2) is 17.3 Å². The molecule has 1 aromatic heterocycles. The molecule has 112 valence electrons. The molecule has 2 N–H and O–H groups in total. The van der Waals surface area contributed by atoms with Crippen molar-refractivity contribution in [1.82, 2.24) is 5.16 Å². The van der Waals surface area contributed by atoms with E-state index in [1.54, 1.807) is 0 Å². The number of hydrogen-bond acceptors (Lipinski definition) is 5. The van der Waals surface area contributed by atoms with Crippen LogP contribution in [0.4, 0.5) is 11.4 Å². The predicted molar refractivity (Wildman–Crippen MR) is 82.6 cm³/mol. The van der Waals surface area contributed by atoms with Crippen LogP contribution in [-0.2, 0) is 6.54 Å². The molecule has 3 rings (SSSR count). The Hall–Kier alpha value is -2.17. The Morgan fingerprint density at radius 1 is 1.33 bits per heavy atom. The Labute approximate surface area is 124 Å². The van der Waals surface area contributed by atoms with Gasteiger partial charge in [0.15, 0.2) is 0 Å². The zero-order valence-electron chi connectivity index (χ0n) is 12.9. The molecule has 0 radical (unpaired) electrons. The third-order valence-electron chi connectivity index (χ3n) is 3.81. The number of nitrogens with zero attached hydrogens (tertiary/aromatic N) is 2. The maximum atomic E-state index is 6.05. The van der Waals surface area contributed by atoms with Gasteiger partial charge >= 0.3 is 0 Å². The summed E-state index contributed by atoms with van der Waals surface area (Å²) in [6, 6.07) is 5.77. The topological polar surface area (TPSA) is 64.5 Å². The van der Waals surface area contributed by atoms with E-state index >= 15 is 0 Å². The fourth-order valence-electron chi connectivity index (χ4n) is 2.80. The van der Waals surface area contributed by atoms with Crippen LogP contribution in [0.1, 0.15) is 30.9 Å². The maximum Gasteiger partial charge on any atom is 0.143 e. The Bertz CT molecular complexity index is 657. The molecule has 0 saturated carbocycles. The fourth-order valence-corrected chi connectivity index (χ4v) is 2.80. The number of anilines is 2. The highest BCUT2D eigenvalue weighted by atomic mass is 16.5. The fraction of sp³-hybridized carbons (Fsp3) is 0.438. The standard InChI is InChI=1S/C16H21N3O2/c1-10-13(11(2)21-18-10)8-19-9-16(3,4)20-15-6-5-12(17)7-14(15)19/h5-7H,8-9,17H2,1-4H3. The lowest BCUT2D eigenvalue weighted by Crippen LogP contribution is -2.46. The van der Waals surface area contributed by atoms with E-state index in [4.69, 9.17) is 15.0 Å². The van der Waals surface area contributed by atoms with Gasteiger partial charge in [0.25, 0.3) is 0 Å². The Morgan fingerprint density at radius 2 is 2.10 bits per heavy atom. The van der Waals surface area contributed by atoms with E-state index in [9.17, 15) is 0 Å². The Morgan fingerprint density at radius 3 is 2.76 bits per heavy atom. The first-order valence-corrected chi connectivity index (χ1v) is 7.11. The van der Waals surface area contributed by atoms with E-state index < -0.39 is 0 Å². The first kappa shape index (κ1) is 13.8. The molecule has 0 fully saturated rings. The van der Waals surface area contributed by atoms with Crippen molar-refractivity contribution in [1.29, 1.82) is 0 Å². The van der Waals surface area contributed by atoms with Crippen LogP contribution in [0.25, 0.3) is 0 Å². The summed E-state index contributed by atoms with van der Waals surface area (Å²) in [5.41, 5.74) is 9.50. The van der Waals surface area contributed by atoms with E-state index in [0.717, 1.165) is 47.2 Å². The second-order valence-electron chi connectivity index (χ2n) is 6.25. The molecule has 2 heterocycles. The van der Waals surface area contributed by atoms with Crippen molar-refractivity contribution in [2.24, 2.45) is 0 Å². The average Bonchev–Trinajstić information content (AvgIpc) is 2.70. The lowest BCUT2D eigenvalue weighted by Gasteiger charge is -2.41. The summed E-state index contributed by atoms with van der Waals surface area (Å²) in [6.07, 6.45) is 0. The van der Waals surface area contributed by atoms with E-state index in [0.29, 0.717) is 0 Å². The largest absolute Gasteiger partial charge is 0.484 e. The molecule has 0 amide bonds. The molecule has 0 unspecified atom stereocenters. The van der Waals surface area contributed by atoms with Crippen molar-refractivity contribution < 1.29 is 9.26 Å². The summed E-state index contributed by atoms with van der Waals surface area (Å²) < 4.78 is 11.3. The maximum absolute atomic E-state index is 6.05. The van der Waals surface area contributed by atoms with Crippen molar-refractivity contribution in [3.05, 3.63) is 35.2 Å². The van der Waals surface area contributed by atoms with Gasteiger partial charge in [0.2, 0.25) is 0 Å². The average molecular weight is 287 g/mol. The molecule has 0 atom stereocenters. The molecule has 1 aromatic carbocycles. The molecular weight excluding hydrogens is 266 g/mol. The number of aryl methyl sites for hydroxylation is 2. The Balaban J connectivity index is 2.00. The minimum atomic E-state index is -0.248. The van der Waals surface area contributed by atoms with Gasteiger partial charge in [-0.25, -0.2) is 0 Å². The first-order valence-electron chi connectivity index (χ1n) is 7.11. The van der Waals surface area contributed by atoms with Gasteiger partial charge < -0.3 is 19.9 Å². The molecule has 21 heavy (non-hydrogen) atoms. The summed E-state index contributed by atoms with van der Waals surface area (Å²) >= 11 is 0. The van der Waals surface area contributed by atoms with E-state index in [1.807, 2.05) is 32.0 Å². The number of nitrogen functional groups attached to an aromatic ring is 1. The van der Waals surface area contributed by atoms with Crippen molar-refractivity contribution in [2.75, 3.05) is 17.2 Å². The number of benzene rings is 1. The normalized spacial score (nSPS) is 16.5. The zero-order chi connectivity index (χ0) is 15.2. The number of ether oxygens (including phenoxy) is 1. The van der Waals surface area contributed by atoms with Crippen molar-refractivity contribution in [3.8, 4) is 5.75 Å². The van der Waals surface area contributed by atoms with Crippen LogP contribution >= 0.6 is 0 Å². The molecule has 0 bridgehead atoms. The summed E-state index contributed by atoms with van der Waals surface area (Å²) in [5, 5.41) is 4.03. The minimum absolute atomic E-state index is 0.248. The summed E-state index contributed by atoms with van der Waals surface area (Å²) in [7, 11) is 0. The molecule has 0 spiro atoms. The lowest BCUT2D eigenvalue weighted by atomic mass is 10.0. The van der Waals surface area contributed by atoms with Gasteiger partial charge in [-0.1, -0.05) is 5.16 Å². The molecule has 1 aliphatic rings. The van der Waals surface area contributed by atoms with Crippen molar-refractivity contribution >= 4 is 11.4 Å². The van der Waals surface area contributed by atoms with Crippen molar-refractivity contribution in [2.45, 2.75) is 39.8 Å². The highest BCUT2D eigenvalue weighted by Crippen LogP contribution is 2.39. The second-order valence-corrected chi connectivity index (χ2v) is 6.25. The van der Waals surface area contributed by atoms with Crippen LogP contribution in [0.5, 0.6) is 5.75 Å². The SMILES string of the molecule is Cc1noc(C)c1CN1CC(C)(C)Oc2ccc(N)cc21. The second kappa shape index (κ2) is 4.69. The quantitative estimate of drug-likeness (QED) is 0.860. The summed E-state index contributed by atoms with van der Waals surface area (Å²) in [4.78, 5) is 2.28. The number of aromatic nitrogens is 1. The van der Waals surface area contributed by atoms with Crippen LogP contribution in [0.2, 0.25) is 0 Å². The van der Waals surface area contributed by atoms with Crippen LogP contribution in [0, 0.1) is 13.8 Å². The van der Waals surface area contributed by atoms with Crippen molar-refractivity contribution in [3.63, 3.8) is 0 Å². The minimum Gasteiger partial charge on any atom is -0.484 e. The van der Waals surface area contributed by atoms with Gasteiger partial charge in [-0.05, 0) is 45.9 Å². The van der Waals surface area contributed by atoms with Crippen LogP contribution in [0.3, 0.4) is 0 Å². The van der Waals surface area contributed by atoms with Gasteiger partial charge in [0.1, 0.15) is 17.1 Å². The summed E-state index contributed by atoms with van der Waals surface area (Å²) in [6.45, 7) is 9.62. The molecule has 0 aliphatic carbocycles. The number of hydrogen-bond donors (Lipinski definition) is 1. The van der Waals surface area contributed by atoms with E-state index in [-0.39, 0.29) is 5.60 Å². The third-order valence-corrected chi connectivity index (χ3v) is 3.81. The van der Waals surface area contributed by atoms with E-state index in [1.165, 1.54) is 0 Å². The first-order chi connectivity index (χ1) is 9.85. The van der Waals surface area contributed by atoms with Gasteiger partial charge in [-0.2, -0.15) is 0 Å². The monoisotopic (exact) mass is 287 g/mol. The number of fused-ring (bicyclic) bond motifs is 1. The Kier molecular flexibility index (Phi) is 3.08. The van der Waals surface area contributed by atoms with Gasteiger partial charge in [-0.3, -0.25) is 0 Å². The highest BCUT2D eigenvalue weighted by Gasteiger charge is 2.32. The van der Waals surface area contributed by atoms with E-state index in [2.05, 4.69) is 23.9 Å². The lowest BCUT2D eigenvalue weighted by molar-refractivity contribution is 0.104. The zero-order valence-corrected chi connectivity index (χ0v) is 12.9. The third kappa shape index (κ3) is 2.55. The van der Waals surface area contributed by atoms with Crippen LogP contribution in [0.15, 0.2) is 22.7 Å². The molecule has 2 aromatic rings. The molecule has 5 nitrogen and oxygen atoms in total. The highest BCUT2D eigenvalue weighted by molar-refractivity contribution is 5.66.